The molecule has 24 nitrogen and oxygen atoms in total. The third kappa shape index (κ3) is 17.5. The van der Waals surface area contributed by atoms with Gasteiger partial charge in [-0.05, 0) is 67.8 Å². The summed E-state index contributed by atoms with van der Waals surface area (Å²) in [5, 5.41) is 62.9. The summed E-state index contributed by atoms with van der Waals surface area (Å²) in [4.78, 5) is 100. The minimum absolute atomic E-state index is 0.00527. The third-order valence-corrected chi connectivity index (χ3v) is 15.4. The average molecular weight is 1140 g/mol. The normalized spacial score (nSPS) is 22.5. The molecule has 2 aromatic rings. The molecule has 2 aliphatic heterocycles. The van der Waals surface area contributed by atoms with Gasteiger partial charge in [-0.2, -0.15) is 0 Å². The van der Waals surface area contributed by atoms with E-state index < -0.39 is 127 Å². The number of carboxylic acids is 1. The van der Waals surface area contributed by atoms with E-state index in [1.807, 2.05) is 32.0 Å². The second-order valence-corrected chi connectivity index (χ2v) is 21.9. The summed E-state index contributed by atoms with van der Waals surface area (Å²) in [6.45, 7) is 14.7. The lowest BCUT2D eigenvalue weighted by Crippen LogP contribution is -2.61. The second kappa shape index (κ2) is 31.4. The second-order valence-electron chi connectivity index (χ2n) is 21.9. The van der Waals surface area contributed by atoms with Crippen LogP contribution in [0.3, 0.4) is 0 Å². The Morgan fingerprint density at radius 3 is 2.09 bits per heavy atom. The van der Waals surface area contributed by atoms with Crippen molar-refractivity contribution in [3.63, 3.8) is 0 Å². The number of ether oxygens (including phenoxy) is 5. The Morgan fingerprint density at radius 1 is 0.840 bits per heavy atom. The standard InChI is InChI=1S/C57H89N7O17/c1-14-32(6)45(40(77-12)28-42(66)64-26-18-21-38(64)50(78-13)33(7)52(71)59-34(8)46(67)36-19-16-15-17-20-36)62(10)54(73)43(30(2)3)61-53(72)44(31(4)5)63(11)57(76)79-29-35-22-23-39(37(27-35)60-41(65)24-25-58-9)80-56-49(70)47(68)48(69)51(81-56)55(74)75/h15-17,19-20,22-23,27,30-34,38,40,43-51,56,58,67-70H,14,18,21,24-26,28-29H2,1-13H3,(H,59,71)(H,60,65)(H,61,72)(H,74,75)/t32-,33-,34-,38+,40?,43+,44?,45?,46-,47+,48?,49+,50-,51?,56?/m1/s1. The fraction of sp³-hybridized carbons (Fsp3) is 0.667. The monoisotopic (exact) mass is 1140 g/mol. The number of benzene rings is 2. The number of likely N-dealkylation sites (tertiary alicyclic amines) is 1. The molecule has 9 N–H and O–H groups in total. The third-order valence-electron chi connectivity index (χ3n) is 15.4. The number of anilines is 1. The van der Waals surface area contributed by atoms with Crippen molar-refractivity contribution in [1.29, 1.82) is 0 Å². The Labute approximate surface area is 475 Å². The maximum atomic E-state index is 14.8. The van der Waals surface area contributed by atoms with Crippen molar-refractivity contribution in [2.24, 2.45) is 23.7 Å². The van der Waals surface area contributed by atoms with Crippen molar-refractivity contribution in [2.75, 3.05) is 53.8 Å². The highest BCUT2D eigenvalue weighted by Gasteiger charge is 2.49. The number of aliphatic carboxylic acids is 1. The number of hydrogen-bond acceptors (Lipinski definition) is 17. The van der Waals surface area contributed by atoms with Gasteiger partial charge in [0.2, 0.25) is 35.8 Å². The average Bonchev–Trinajstić information content (AvgIpc) is 4.02. The van der Waals surface area contributed by atoms with Crippen LogP contribution >= 0.6 is 0 Å². The van der Waals surface area contributed by atoms with E-state index in [0.29, 0.717) is 43.5 Å². The number of likely N-dealkylation sites (N-methyl/N-ethyl adjacent to an activating group) is 2. The minimum Gasteiger partial charge on any atom is -0.479 e. The molecule has 2 saturated heterocycles. The lowest BCUT2D eigenvalue weighted by Gasteiger charge is -2.41. The first-order chi connectivity index (χ1) is 38.2. The summed E-state index contributed by atoms with van der Waals surface area (Å²) in [5.74, 6) is -5.69. The number of carboxylic acid groups (broad SMARTS) is 1. The van der Waals surface area contributed by atoms with Gasteiger partial charge in [0.25, 0.3) is 0 Å². The molecule has 0 aromatic heterocycles. The zero-order chi connectivity index (χ0) is 60.6. The molecule has 454 valence electrons. The molecule has 6 unspecified atom stereocenters. The summed E-state index contributed by atoms with van der Waals surface area (Å²) >= 11 is 0. The number of aliphatic hydroxyl groups is 4. The molecule has 0 radical (unpaired) electrons. The molecule has 6 amide bonds. The van der Waals surface area contributed by atoms with Crippen LogP contribution in [0, 0.1) is 23.7 Å². The van der Waals surface area contributed by atoms with E-state index in [-0.39, 0.29) is 48.6 Å². The molecule has 24 heteroatoms. The van der Waals surface area contributed by atoms with E-state index >= 15 is 0 Å². The highest BCUT2D eigenvalue weighted by Crippen LogP contribution is 2.33. The van der Waals surface area contributed by atoms with Gasteiger partial charge in [-0.1, -0.05) is 91.3 Å². The van der Waals surface area contributed by atoms with Crippen molar-refractivity contribution in [1.82, 2.24) is 30.7 Å². The molecule has 2 aromatic carbocycles. The molecule has 81 heavy (non-hydrogen) atoms. The lowest BCUT2D eigenvalue weighted by atomic mass is 9.89. The predicted molar refractivity (Wildman–Crippen MR) is 297 cm³/mol. The number of carbonyl (C=O) groups excluding carboxylic acids is 6. The first kappa shape index (κ1) is 67.5. The van der Waals surface area contributed by atoms with Crippen LogP contribution in [0.5, 0.6) is 5.75 Å². The smallest absolute Gasteiger partial charge is 0.410 e. The van der Waals surface area contributed by atoms with E-state index in [4.69, 9.17) is 23.7 Å². The van der Waals surface area contributed by atoms with Gasteiger partial charge in [0.1, 0.15) is 42.8 Å². The molecule has 0 saturated carbocycles. The number of aliphatic hydroxyl groups excluding tert-OH is 4. The summed E-state index contributed by atoms with van der Waals surface area (Å²) < 4.78 is 28.7. The van der Waals surface area contributed by atoms with Gasteiger partial charge in [-0.15, -0.1) is 0 Å². The number of nitrogens with one attached hydrogen (secondary N) is 4. The maximum Gasteiger partial charge on any atom is 0.410 e. The fourth-order valence-corrected chi connectivity index (χ4v) is 10.5. The number of hydrogen-bond donors (Lipinski definition) is 9. The van der Waals surface area contributed by atoms with E-state index in [1.165, 1.54) is 44.4 Å². The van der Waals surface area contributed by atoms with Crippen LogP contribution in [0.2, 0.25) is 0 Å². The van der Waals surface area contributed by atoms with E-state index in [0.717, 1.165) is 4.90 Å². The summed E-state index contributed by atoms with van der Waals surface area (Å²) in [6, 6.07) is 9.30. The topological polar surface area (TPSA) is 325 Å². The van der Waals surface area contributed by atoms with Crippen LogP contribution in [0.1, 0.15) is 105 Å². The Morgan fingerprint density at radius 2 is 1.51 bits per heavy atom. The number of nitrogens with zero attached hydrogens (tertiary/aromatic N) is 3. The minimum atomic E-state index is -1.97. The first-order valence-corrected chi connectivity index (χ1v) is 27.8. The highest BCUT2D eigenvalue weighted by molar-refractivity contribution is 5.93. The van der Waals surface area contributed by atoms with E-state index in [2.05, 4.69) is 21.3 Å². The highest BCUT2D eigenvalue weighted by atomic mass is 16.7. The molecule has 2 aliphatic rings. The fourth-order valence-electron chi connectivity index (χ4n) is 10.5. The Kier molecular flexibility index (Phi) is 26.2. The first-order valence-electron chi connectivity index (χ1n) is 27.8. The molecular formula is C57H89N7O17. The molecule has 2 heterocycles. The van der Waals surface area contributed by atoms with E-state index in [1.54, 1.807) is 72.7 Å². The van der Waals surface area contributed by atoms with Crippen LogP contribution in [-0.4, -0.2) is 203 Å². The molecule has 0 spiro atoms. The summed E-state index contributed by atoms with van der Waals surface area (Å²) in [5.41, 5.74) is 0.992. The van der Waals surface area contributed by atoms with Gasteiger partial charge < -0.3 is 80.3 Å². The number of rotatable bonds is 29. The summed E-state index contributed by atoms with van der Waals surface area (Å²) in [6.07, 6.45) is -11.1. The molecule has 2 fully saturated rings. The van der Waals surface area contributed by atoms with Crippen LogP contribution in [-0.2, 0) is 54.3 Å². The van der Waals surface area contributed by atoms with Gasteiger partial charge in [-0.3, -0.25) is 28.9 Å². The Bertz CT molecular complexity index is 2400. The number of methoxy groups -OCH3 is 2. The molecular weight excluding hydrogens is 1050 g/mol. The van der Waals surface area contributed by atoms with Crippen molar-refractivity contribution < 1.29 is 82.8 Å². The largest absolute Gasteiger partial charge is 0.479 e. The van der Waals surface area contributed by atoms with Gasteiger partial charge in [0, 0.05) is 47.8 Å². The quantitative estimate of drug-likeness (QED) is 0.0565. The molecule has 4 rings (SSSR count). The van der Waals surface area contributed by atoms with Crippen LogP contribution < -0.4 is 26.0 Å². The molecule has 15 atom stereocenters. The zero-order valence-electron chi connectivity index (χ0n) is 49.1. The molecule has 0 bridgehead atoms. The summed E-state index contributed by atoms with van der Waals surface area (Å²) in [7, 11) is 7.64. The van der Waals surface area contributed by atoms with Crippen LogP contribution in [0.25, 0.3) is 0 Å². The van der Waals surface area contributed by atoms with Crippen molar-refractivity contribution in [3.05, 3.63) is 59.7 Å². The lowest BCUT2D eigenvalue weighted by molar-refractivity contribution is -0.271. The van der Waals surface area contributed by atoms with Gasteiger partial charge in [-0.25, -0.2) is 9.59 Å². The SMILES string of the molecule is CC[C@@H](C)C(C(CC(=O)N1CCC[C@H]1[C@H](OC)[C@@H](C)C(=O)N[C@H](C)[C@@H](O)c1ccccc1)OC)N(C)C(=O)[C@@H](NC(=O)C(C(C)C)N(C)C(=O)OCc1ccc(OC2OC(C(=O)O)C(O)[C@H](O)[C@@H]2O)c(NC(=O)CCNC)c1)C(C)C. The Hall–Kier alpha value is -5.99. The van der Waals surface area contributed by atoms with Crippen LogP contribution in [0.4, 0.5) is 10.5 Å². The van der Waals surface area contributed by atoms with Gasteiger partial charge in [0.05, 0.1) is 54.5 Å². The van der Waals surface area contributed by atoms with Crippen molar-refractivity contribution in [2.45, 2.75) is 173 Å². The van der Waals surface area contributed by atoms with Gasteiger partial charge in [0.15, 0.2) is 6.10 Å². The number of amides is 6. The predicted octanol–water partition coefficient (Wildman–Crippen LogP) is 2.40. The molecule has 0 aliphatic carbocycles. The zero-order valence-corrected chi connectivity index (χ0v) is 49.1. The van der Waals surface area contributed by atoms with Crippen molar-refractivity contribution in [3.8, 4) is 5.75 Å². The van der Waals surface area contributed by atoms with Crippen LogP contribution in [0.15, 0.2) is 48.5 Å². The van der Waals surface area contributed by atoms with E-state index in [9.17, 15) is 59.1 Å². The van der Waals surface area contributed by atoms with Gasteiger partial charge >= 0.3 is 12.1 Å². The maximum absolute atomic E-state index is 14.8. The Balaban J connectivity index is 1.47. The van der Waals surface area contributed by atoms with Crippen molar-refractivity contribution >= 4 is 47.3 Å². The number of carbonyl (C=O) groups is 7.